The zero-order chi connectivity index (χ0) is 50.9. The van der Waals surface area contributed by atoms with E-state index in [1.807, 2.05) is 107 Å². The van der Waals surface area contributed by atoms with E-state index in [1.165, 1.54) is 6.07 Å². The van der Waals surface area contributed by atoms with E-state index in [0.717, 1.165) is 28.1 Å². The molecule has 4 atom stereocenters. The van der Waals surface area contributed by atoms with Crippen LogP contribution in [0.5, 0.6) is 11.5 Å². The number of anilines is 2. The van der Waals surface area contributed by atoms with Gasteiger partial charge in [0.15, 0.2) is 11.6 Å². The van der Waals surface area contributed by atoms with Crippen molar-refractivity contribution in [3.8, 4) is 11.5 Å². The first-order valence-corrected chi connectivity index (χ1v) is 24.8. The molecule has 0 radical (unpaired) electrons. The second-order valence-corrected chi connectivity index (χ2v) is 20.2. The molecule has 13 nitrogen and oxygen atoms in total. The summed E-state index contributed by atoms with van der Waals surface area (Å²) in [5, 5.41) is 8.86. The number of hydrogen-bond acceptors (Lipinski definition) is 7. The third kappa shape index (κ3) is 11.9. The Kier molecular flexibility index (Phi) is 16.6. The van der Waals surface area contributed by atoms with E-state index in [0.29, 0.717) is 70.0 Å². The van der Waals surface area contributed by atoms with Crippen molar-refractivity contribution in [3.63, 3.8) is 0 Å². The number of carbonyl (C=O) groups excluding carboxylic acids is 6. The van der Waals surface area contributed by atoms with Crippen molar-refractivity contribution >= 4 is 46.8 Å². The topological polar surface area (TPSA) is 203 Å². The highest BCUT2D eigenvalue weighted by Gasteiger charge is 2.50. The number of para-hydroxylation sites is 3. The van der Waals surface area contributed by atoms with Gasteiger partial charge in [-0.15, -0.1) is 0 Å². The molecule has 14 heteroatoms. The normalized spacial score (nSPS) is 19.5. The van der Waals surface area contributed by atoms with Gasteiger partial charge in [0.1, 0.15) is 17.8 Å². The van der Waals surface area contributed by atoms with Crippen LogP contribution in [0.4, 0.5) is 15.8 Å². The number of ether oxygens (including phenoxy) is 1. The number of nitrogens with zero attached hydrogens (tertiary/aromatic N) is 1. The summed E-state index contributed by atoms with van der Waals surface area (Å²) in [5.41, 5.74) is 14.2. The molecule has 2 aliphatic heterocycles. The van der Waals surface area contributed by atoms with E-state index in [2.05, 4.69) is 16.0 Å². The van der Waals surface area contributed by atoms with Gasteiger partial charge in [0, 0.05) is 11.4 Å². The molecule has 0 saturated carbocycles. The molecule has 2 aliphatic carbocycles. The largest absolute Gasteiger partial charge is 0.454 e. The fraction of sp³-hybridized carbons (Fsp3) is 0.404. The van der Waals surface area contributed by atoms with Crippen molar-refractivity contribution in [3.05, 3.63) is 144 Å². The molecule has 0 aromatic heterocycles. The van der Waals surface area contributed by atoms with Crippen LogP contribution in [-0.2, 0) is 48.2 Å². The zero-order valence-corrected chi connectivity index (χ0v) is 41.1. The minimum atomic E-state index is -0.997. The van der Waals surface area contributed by atoms with Gasteiger partial charge in [-0.25, -0.2) is 4.39 Å². The van der Waals surface area contributed by atoms with Crippen molar-refractivity contribution in [2.45, 2.75) is 111 Å². The fourth-order valence-electron chi connectivity index (χ4n) is 10.5. The van der Waals surface area contributed by atoms with E-state index in [4.69, 9.17) is 16.2 Å². The molecule has 8 rings (SSSR count). The Hall–Kier alpha value is -7.09. The summed E-state index contributed by atoms with van der Waals surface area (Å²) < 4.78 is 20.0. The number of nitrogens with two attached hydrogens (primary N) is 2. The van der Waals surface area contributed by atoms with Gasteiger partial charge < -0.3 is 37.1 Å². The van der Waals surface area contributed by atoms with Crippen molar-refractivity contribution < 1.29 is 37.9 Å². The summed E-state index contributed by atoms with van der Waals surface area (Å²) in [5.74, 6) is -2.73. The number of benzene rings is 4. The van der Waals surface area contributed by atoms with Crippen LogP contribution in [0.25, 0.3) is 0 Å². The summed E-state index contributed by atoms with van der Waals surface area (Å²) >= 11 is 0. The van der Waals surface area contributed by atoms with Crippen LogP contribution in [-0.4, -0.2) is 47.5 Å². The van der Waals surface area contributed by atoms with Crippen LogP contribution in [0, 0.1) is 40.3 Å². The number of halogens is 1. The number of hydrogen-bond donors (Lipinski definition) is 5. The number of carbonyl (C=O) groups is 6. The molecular formula is C57H67FN6O7. The van der Waals surface area contributed by atoms with Crippen LogP contribution < -0.4 is 37.1 Å². The molecule has 374 valence electrons. The van der Waals surface area contributed by atoms with Crippen LogP contribution in [0.2, 0.25) is 0 Å². The summed E-state index contributed by atoms with van der Waals surface area (Å²) in [4.78, 5) is 80.8. The van der Waals surface area contributed by atoms with Gasteiger partial charge in [0.05, 0.1) is 29.2 Å². The standard InChI is InChI=1S/C35H38FN3O4.C22H29N3O3/c1-23(2)20-27(35(34(37)42)18-7-8-19-35)32(40)38-29-17-16-25-11-3-5-14-30(25)39(33(29)41)22-24-10-9-12-26(21-24)43-31-15-6-4-13-28(31)36;1-14(2)13-16(22(21(23)28)11-5-6-12-22)19(26)25-18-10-9-15-7-3-4-8-17(15)24-20(18)27/h3-15,21,23,27,29H,16-20,22H2,1-2H3,(H2,37,42)(H,38,40);3-8,14,16,18H,9-13H2,1-2H3,(H2,23,28)(H,24,27)(H,25,26)/t27-,29?;16-,18?/m00/s1. The molecule has 4 aliphatic rings. The first kappa shape index (κ1) is 51.8. The molecule has 71 heavy (non-hydrogen) atoms. The van der Waals surface area contributed by atoms with Crippen LogP contribution in [0.1, 0.15) is 95.8 Å². The molecule has 4 aromatic rings. The highest BCUT2D eigenvalue weighted by Crippen LogP contribution is 2.45. The first-order chi connectivity index (χ1) is 34.0. The van der Waals surface area contributed by atoms with Crippen LogP contribution >= 0.6 is 0 Å². The lowest BCUT2D eigenvalue weighted by atomic mass is 9.69. The minimum Gasteiger partial charge on any atom is -0.454 e. The molecule has 0 saturated heterocycles. The molecule has 0 fully saturated rings. The van der Waals surface area contributed by atoms with Crippen molar-refractivity contribution in [1.29, 1.82) is 0 Å². The predicted octanol–water partition coefficient (Wildman–Crippen LogP) is 8.61. The number of primary amides is 2. The van der Waals surface area contributed by atoms with E-state index in [1.54, 1.807) is 41.3 Å². The van der Waals surface area contributed by atoms with Crippen molar-refractivity contribution in [2.24, 2.45) is 46.0 Å². The first-order valence-electron chi connectivity index (χ1n) is 24.8. The zero-order valence-electron chi connectivity index (χ0n) is 41.1. The van der Waals surface area contributed by atoms with Gasteiger partial charge in [-0.1, -0.05) is 113 Å². The van der Waals surface area contributed by atoms with E-state index < -0.39 is 52.4 Å². The Bertz CT molecular complexity index is 2660. The Labute approximate surface area is 416 Å². The number of rotatable bonds is 16. The molecule has 2 heterocycles. The maximum absolute atomic E-state index is 14.2. The lowest BCUT2D eigenvalue weighted by Gasteiger charge is -2.36. The summed E-state index contributed by atoms with van der Waals surface area (Å²) in [6, 6.07) is 27.3. The van der Waals surface area contributed by atoms with E-state index >= 15 is 0 Å². The van der Waals surface area contributed by atoms with Crippen LogP contribution in [0.3, 0.4) is 0 Å². The average Bonchev–Trinajstić information content (AvgIpc) is 4.01. The van der Waals surface area contributed by atoms with Gasteiger partial charge in [0.25, 0.3) is 0 Å². The minimum absolute atomic E-state index is 0.112. The second-order valence-electron chi connectivity index (χ2n) is 20.2. The Morgan fingerprint density at radius 3 is 1.80 bits per heavy atom. The summed E-state index contributed by atoms with van der Waals surface area (Å²) in [6.07, 6.45) is 12.7. The maximum atomic E-state index is 14.2. The average molecular weight is 967 g/mol. The highest BCUT2D eigenvalue weighted by atomic mass is 19.1. The second kappa shape index (κ2) is 22.8. The molecule has 0 bridgehead atoms. The molecule has 2 unspecified atom stereocenters. The molecule has 4 aromatic carbocycles. The summed E-state index contributed by atoms with van der Waals surface area (Å²) in [7, 11) is 0. The smallest absolute Gasteiger partial charge is 0.249 e. The van der Waals surface area contributed by atoms with Gasteiger partial charge in [0.2, 0.25) is 35.4 Å². The fourth-order valence-corrected chi connectivity index (χ4v) is 10.5. The van der Waals surface area contributed by atoms with E-state index in [-0.39, 0.29) is 47.8 Å². The molecule has 7 N–H and O–H groups in total. The SMILES string of the molecule is CC(C)C[C@@H](C(=O)NC1CCc2ccccc2N(Cc2cccc(Oc3ccccc3F)c2)C1=O)C1(C(N)=O)CC=CC1.CC(C)C[C@@H](C(=O)NC1CCc2ccccc2NC1=O)C1(C(N)=O)CC=CC1. The van der Waals surface area contributed by atoms with Gasteiger partial charge in [-0.2, -0.15) is 0 Å². The Balaban J connectivity index is 0.000000229. The number of aryl methyl sites for hydroxylation is 2. The third-order valence-corrected chi connectivity index (χ3v) is 14.4. The summed E-state index contributed by atoms with van der Waals surface area (Å²) in [6.45, 7) is 8.28. The molecule has 6 amide bonds. The maximum Gasteiger partial charge on any atom is 0.249 e. The third-order valence-electron chi connectivity index (χ3n) is 14.4. The van der Waals surface area contributed by atoms with Crippen molar-refractivity contribution in [1.82, 2.24) is 10.6 Å². The monoisotopic (exact) mass is 967 g/mol. The highest BCUT2D eigenvalue weighted by molar-refractivity contribution is 6.02. The van der Waals surface area contributed by atoms with Gasteiger partial charge >= 0.3 is 0 Å². The van der Waals surface area contributed by atoms with E-state index in [9.17, 15) is 33.2 Å². The van der Waals surface area contributed by atoms with Gasteiger partial charge in [-0.3, -0.25) is 28.8 Å². The number of nitrogens with one attached hydrogen (secondary N) is 3. The number of amides is 6. The Morgan fingerprint density at radius 2 is 1.21 bits per heavy atom. The quantitative estimate of drug-likeness (QED) is 0.0692. The van der Waals surface area contributed by atoms with Crippen LogP contribution in [0.15, 0.2) is 121 Å². The predicted molar refractivity (Wildman–Crippen MR) is 272 cm³/mol. The van der Waals surface area contributed by atoms with Gasteiger partial charge in [-0.05, 0) is 129 Å². The number of fused-ring (bicyclic) bond motifs is 2. The van der Waals surface area contributed by atoms with Crippen molar-refractivity contribution in [2.75, 3.05) is 10.2 Å². The number of allylic oxidation sites excluding steroid dienone is 4. The Morgan fingerprint density at radius 1 is 0.690 bits per heavy atom. The molecular weight excluding hydrogens is 900 g/mol. The lowest BCUT2D eigenvalue weighted by molar-refractivity contribution is -0.142. The molecule has 0 spiro atoms. The lowest BCUT2D eigenvalue weighted by Crippen LogP contribution is -2.54.